The number of anilines is 1. The molecule has 0 bridgehead atoms. The highest BCUT2D eigenvalue weighted by atomic mass is 35.5. The van der Waals surface area contributed by atoms with Gasteiger partial charge in [-0.15, -0.1) is 0 Å². The highest BCUT2D eigenvalue weighted by Gasteiger charge is 2.25. The molecule has 7 nitrogen and oxygen atoms in total. The number of ether oxygens (including phenoxy) is 1. The molecule has 0 spiro atoms. The highest BCUT2D eigenvalue weighted by Crippen LogP contribution is 2.28. The van der Waals surface area contributed by atoms with Crippen LogP contribution >= 0.6 is 11.6 Å². The normalized spacial score (nSPS) is 14.1. The van der Waals surface area contributed by atoms with Gasteiger partial charge in [0.25, 0.3) is 5.69 Å². The fraction of sp³-hybridized carbons (Fsp3) is 0.350. The van der Waals surface area contributed by atoms with E-state index in [1.54, 1.807) is 31.4 Å². The van der Waals surface area contributed by atoms with E-state index in [0.717, 1.165) is 5.56 Å². The second-order valence-corrected chi connectivity index (χ2v) is 6.99. The van der Waals surface area contributed by atoms with Crippen molar-refractivity contribution < 1.29 is 14.5 Å². The Morgan fingerprint density at radius 3 is 2.54 bits per heavy atom. The molecule has 2 aromatic carbocycles. The molecule has 1 fully saturated rings. The van der Waals surface area contributed by atoms with Gasteiger partial charge in [-0.2, -0.15) is 0 Å². The quantitative estimate of drug-likeness (QED) is 0.544. The van der Waals surface area contributed by atoms with Gasteiger partial charge in [-0.3, -0.25) is 14.9 Å². The van der Waals surface area contributed by atoms with Crippen molar-refractivity contribution in [1.29, 1.82) is 0 Å². The summed E-state index contributed by atoms with van der Waals surface area (Å²) >= 11 is 6.13. The second kappa shape index (κ2) is 8.93. The largest absolute Gasteiger partial charge is 0.495 e. The lowest BCUT2D eigenvalue weighted by Gasteiger charge is -2.35. The summed E-state index contributed by atoms with van der Waals surface area (Å²) in [7, 11) is 1.56. The van der Waals surface area contributed by atoms with Gasteiger partial charge in [0, 0.05) is 38.7 Å². The summed E-state index contributed by atoms with van der Waals surface area (Å²) < 4.78 is 5.14. The Hall–Kier alpha value is -2.80. The minimum atomic E-state index is -0.368. The van der Waals surface area contributed by atoms with Crippen LogP contribution in [0.1, 0.15) is 12.0 Å². The number of halogens is 1. The molecule has 2 aromatic rings. The number of amides is 1. The maximum atomic E-state index is 12.5. The molecular weight excluding hydrogens is 382 g/mol. The minimum Gasteiger partial charge on any atom is -0.495 e. The van der Waals surface area contributed by atoms with Gasteiger partial charge in [0.1, 0.15) is 11.4 Å². The molecule has 1 aliphatic rings. The Morgan fingerprint density at radius 1 is 1.18 bits per heavy atom. The van der Waals surface area contributed by atoms with E-state index in [1.807, 2.05) is 21.9 Å². The van der Waals surface area contributed by atoms with Gasteiger partial charge in [0.05, 0.1) is 17.1 Å². The van der Waals surface area contributed by atoms with Crippen molar-refractivity contribution in [3.05, 3.63) is 63.2 Å². The molecule has 0 atom stereocenters. The van der Waals surface area contributed by atoms with Crippen LogP contribution in [0.15, 0.2) is 42.5 Å². The number of nitrogens with zero attached hydrogens (tertiary/aromatic N) is 3. The van der Waals surface area contributed by atoms with Crippen molar-refractivity contribution in [2.24, 2.45) is 0 Å². The summed E-state index contributed by atoms with van der Waals surface area (Å²) in [6.45, 7) is 2.25. The van der Waals surface area contributed by atoms with E-state index in [0.29, 0.717) is 55.5 Å². The molecule has 0 saturated carbocycles. The topological polar surface area (TPSA) is 75.9 Å². The molecular formula is C20H22ClN3O4. The average Bonchev–Trinajstić information content (AvgIpc) is 2.72. The first kappa shape index (κ1) is 19.9. The Bertz CT molecular complexity index is 866. The minimum absolute atomic E-state index is 0.0779. The number of aryl methyl sites for hydroxylation is 1. The second-order valence-electron chi connectivity index (χ2n) is 6.58. The Balaban J connectivity index is 1.54. The third kappa shape index (κ3) is 4.54. The molecule has 8 heteroatoms. The molecule has 1 amide bonds. The van der Waals surface area contributed by atoms with E-state index in [9.17, 15) is 14.9 Å². The van der Waals surface area contributed by atoms with Gasteiger partial charge in [-0.05, 0) is 30.2 Å². The fourth-order valence-electron chi connectivity index (χ4n) is 3.36. The van der Waals surface area contributed by atoms with Gasteiger partial charge in [0.15, 0.2) is 0 Å². The smallest absolute Gasteiger partial charge is 0.292 e. The number of rotatable bonds is 6. The van der Waals surface area contributed by atoms with Gasteiger partial charge >= 0.3 is 0 Å². The molecule has 3 rings (SSSR count). The maximum Gasteiger partial charge on any atom is 0.292 e. The number of hydrogen-bond donors (Lipinski definition) is 0. The van der Waals surface area contributed by atoms with Gasteiger partial charge in [0.2, 0.25) is 5.91 Å². The van der Waals surface area contributed by atoms with Crippen molar-refractivity contribution in [3.63, 3.8) is 0 Å². The SMILES string of the molecule is COc1ccc(CCC(=O)N2CCN(c3ccccc3[N+](=O)[O-])CC2)cc1Cl. The lowest BCUT2D eigenvalue weighted by molar-refractivity contribution is -0.384. The van der Waals surface area contributed by atoms with Crippen molar-refractivity contribution in [1.82, 2.24) is 4.90 Å². The van der Waals surface area contributed by atoms with Crippen LogP contribution in [0.3, 0.4) is 0 Å². The predicted octanol–water partition coefficient (Wildman–Crippen LogP) is 3.54. The molecule has 28 heavy (non-hydrogen) atoms. The molecule has 0 N–H and O–H groups in total. The van der Waals surface area contributed by atoms with Crippen LogP contribution < -0.4 is 9.64 Å². The van der Waals surface area contributed by atoms with E-state index >= 15 is 0 Å². The molecule has 1 saturated heterocycles. The maximum absolute atomic E-state index is 12.5. The van der Waals surface area contributed by atoms with E-state index in [2.05, 4.69) is 0 Å². The third-order valence-corrected chi connectivity index (χ3v) is 5.19. The Kier molecular flexibility index (Phi) is 6.36. The van der Waals surface area contributed by atoms with Crippen molar-refractivity contribution in [2.45, 2.75) is 12.8 Å². The van der Waals surface area contributed by atoms with Crippen LogP contribution in [-0.2, 0) is 11.2 Å². The zero-order chi connectivity index (χ0) is 20.1. The first-order valence-electron chi connectivity index (χ1n) is 9.08. The summed E-state index contributed by atoms with van der Waals surface area (Å²) in [5.41, 5.74) is 1.68. The number of benzene rings is 2. The lowest BCUT2D eigenvalue weighted by Crippen LogP contribution is -2.49. The van der Waals surface area contributed by atoms with Crippen molar-refractivity contribution in [3.8, 4) is 5.75 Å². The first-order valence-corrected chi connectivity index (χ1v) is 9.46. The monoisotopic (exact) mass is 403 g/mol. The Labute approximate surface area is 168 Å². The summed E-state index contributed by atoms with van der Waals surface area (Å²) in [5.74, 6) is 0.692. The van der Waals surface area contributed by atoms with Crippen LogP contribution in [0.5, 0.6) is 5.75 Å². The number of para-hydroxylation sites is 2. The predicted molar refractivity (Wildman–Crippen MR) is 108 cm³/mol. The number of hydrogen-bond acceptors (Lipinski definition) is 5. The molecule has 0 radical (unpaired) electrons. The van der Waals surface area contributed by atoms with Crippen LogP contribution in [-0.4, -0.2) is 49.0 Å². The zero-order valence-electron chi connectivity index (χ0n) is 15.6. The van der Waals surface area contributed by atoms with Crippen LogP contribution in [0.25, 0.3) is 0 Å². The first-order chi connectivity index (χ1) is 13.5. The standard InChI is InChI=1S/C20H22ClN3O4/c1-28-19-8-6-15(14-16(19)21)7-9-20(25)23-12-10-22(11-13-23)17-4-2-3-5-18(17)24(26)27/h2-6,8,14H,7,9-13H2,1H3. The van der Waals surface area contributed by atoms with Crippen molar-refractivity contribution >= 4 is 28.9 Å². The summed E-state index contributed by atoms with van der Waals surface area (Å²) in [5, 5.41) is 11.8. The Morgan fingerprint density at radius 2 is 1.89 bits per heavy atom. The van der Waals surface area contributed by atoms with Crippen LogP contribution in [0.4, 0.5) is 11.4 Å². The number of piperazine rings is 1. The number of carbonyl (C=O) groups is 1. The lowest BCUT2D eigenvalue weighted by atomic mass is 10.1. The van der Waals surface area contributed by atoms with E-state index in [4.69, 9.17) is 16.3 Å². The van der Waals surface area contributed by atoms with E-state index in [-0.39, 0.29) is 16.5 Å². The molecule has 0 aliphatic carbocycles. The van der Waals surface area contributed by atoms with Gasteiger partial charge in [-0.1, -0.05) is 29.8 Å². The van der Waals surface area contributed by atoms with Gasteiger partial charge < -0.3 is 14.5 Å². The average molecular weight is 404 g/mol. The fourth-order valence-corrected chi connectivity index (χ4v) is 3.64. The van der Waals surface area contributed by atoms with Crippen molar-refractivity contribution in [2.75, 3.05) is 38.2 Å². The third-order valence-electron chi connectivity index (χ3n) is 4.90. The molecule has 148 valence electrons. The van der Waals surface area contributed by atoms with E-state index in [1.165, 1.54) is 6.07 Å². The molecule has 0 unspecified atom stereocenters. The summed E-state index contributed by atoms with van der Waals surface area (Å²) in [4.78, 5) is 27.2. The van der Waals surface area contributed by atoms with Gasteiger partial charge in [-0.25, -0.2) is 0 Å². The highest BCUT2D eigenvalue weighted by molar-refractivity contribution is 6.32. The summed E-state index contributed by atoms with van der Waals surface area (Å²) in [6, 6.07) is 12.2. The number of methoxy groups -OCH3 is 1. The number of nitro groups is 1. The number of nitro benzene ring substituents is 1. The van der Waals surface area contributed by atoms with Crippen LogP contribution in [0, 0.1) is 10.1 Å². The molecule has 1 heterocycles. The van der Waals surface area contributed by atoms with Crippen LogP contribution in [0.2, 0.25) is 5.02 Å². The molecule has 0 aromatic heterocycles. The van der Waals surface area contributed by atoms with E-state index < -0.39 is 0 Å². The summed E-state index contributed by atoms with van der Waals surface area (Å²) in [6.07, 6.45) is 1.00. The zero-order valence-corrected chi connectivity index (χ0v) is 16.4. The number of carbonyl (C=O) groups excluding carboxylic acids is 1. The molecule has 1 aliphatic heterocycles.